The molecule has 156 valence electrons. The number of benzene rings is 1. The number of aromatic amines is 1. The van der Waals surface area contributed by atoms with E-state index < -0.39 is 5.66 Å². The Bertz CT molecular complexity index is 1360. The monoisotopic (exact) mass is 414 g/mol. The zero-order valence-electron chi connectivity index (χ0n) is 17.5. The van der Waals surface area contributed by atoms with Crippen molar-refractivity contribution in [2.24, 2.45) is 0 Å². The first-order valence-corrected chi connectivity index (χ1v) is 10.1. The third kappa shape index (κ3) is 2.99. The predicted octanol–water partition coefficient (Wildman–Crippen LogP) is 3.16. The SMILES string of the molecule is C[C@H](c1ccccc1)N1c2nc(-n3c(=O)[nH]c4ncccc43)ccc2C(=O)NC1(C)C. The Kier molecular flexibility index (Phi) is 4.18. The normalized spacial score (nSPS) is 16.1. The van der Waals surface area contributed by atoms with Crippen LogP contribution in [0.15, 0.2) is 65.6 Å². The second-order valence-corrected chi connectivity index (χ2v) is 8.15. The minimum atomic E-state index is -0.683. The van der Waals surface area contributed by atoms with E-state index in [0.717, 1.165) is 5.56 Å². The van der Waals surface area contributed by atoms with Gasteiger partial charge in [0.15, 0.2) is 5.65 Å². The molecule has 5 rings (SSSR count). The number of rotatable bonds is 3. The molecule has 1 aromatic carbocycles. The average molecular weight is 414 g/mol. The number of aromatic nitrogens is 4. The fourth-order valence-corrected chi connectivity index (χ4v) is 4.31. The Hall–Kier alpha value is -3.94. The van der Waals surface area contributed by atoms with Gasteiger partial charge in [-0.3, -0.25) is 9.78 Å². The highest BCUT2D eigenvalue weighted by Crippen LogP contribution is 2.37. The zero-order chi connectivity index (χ0) is 21.8. The second-order valence-electron chi connectivity index (χ2n) is 8.15. The number of amides is 1. The van der Waals surface area contributed by atoms with Gasteiger partial charge in [-0.2, -0.15) is 0 Å². The average Bonchev–Trinajstić information content (AvgIpc) is 3.09. The number of anilines is 1. The quantitative estimate of drug-likeness (QED) is 0.537. The number of hydrogen-bond acceptors (Lipinski definition) is 5. The Morgan fingerprint density at radius 1 is 1.00 bits per heavy atom. The molecule has 0 radical (unpaired) electrons. The van der Waals surface area contributed by atoms with E-state index in [1.807, 2.05) is 38.1 Å². The van der Waals surface area contributed by atoms with Gasteiger partial charge in [0.1, 0.15) is 17.3 Å². The van der Waals surface area contributed by atoms with E-state index in [-0.39, 0.29) is 17.6 Å². The Morgan fingerprint density at radius 3 is 2.55 bits per heavy atom. The molecule has 0 fully saturated rings. The summed E-state index contributed by atoms with van der Waals surface area (Å²) in [6.07, 6.45) is 1.62. The number of pyridine rings is 2. The van der Waals surface area contributed by atoms with E-state index in [1.165, 1.54) is 4.57 Å². The van der Waals surface area contributed by atoms with Crippen LogP contribution in [-0.2, 0) is 0 Å². The first-order chi connectivity index (χ1) is 14.9. The Labute approximate surface area is 178 Å². The molecule has 2 N–H and O–H groups in total. The van der Waals surface area contributed by atoms with Crippen LogP contribution in [-0.4, -0.2) is 31.1 Å². The van der Waals surface area contributed by atoms with Crippen LogP contribution in [0.3, 0.4) is 0 Å². The van der Waals surface area contributed by atoms with Gasteiger partial charge in [-0.15, -0.1) is 0 Å². The molecule has 0 spiro atoms. The van der Waals surface area contributed by atoms with Crippen LogP contribution in [0.1, 0.15) is 42.7 Å². The lowest BCUT2D eigenvalue weighted by Crippen LogP contribution is -2.61. The molecule has 1 amide bonds. The van der Waals surface area contributed by atoms with Crippen LogP contribution in [0.2, 0.25) is 0 Å². The van der Waals surface area contributed by atoms with Gasteiger partial charge in [-0.25, -0.2) is 19.3 Å². The molecule has 3 aromatic heterocycles. The van der Waals surface area contributed by atoms with Crippen molar-refractivity contribution in [1.29, 1.82) is 0 Å². The number of H-pyrrole nitrogens is 1. The molecule has 0 saturated heterocycles. The Balaban J connectivity index is 1.72. The summed E-state index contributed by atoms with van der Waals surface area (Å²) in [5.74, 6) is 0.773. The van der Waals surface area contributed by atoms with Crippen molar-refractivity contribution in [2.45, 2.75) is 32.5 Å². The van der Waals surface area contributed by atoms with Crippen molar-refractivity contribution in [3.05, 3.63) is 82.4 Å². The van der Waals surface area contributed by atoms with Crippen LogP contribution >= 0.6 is 0 Å². The molecule has 0 unspecified atom stereocenters. The maximum atomic E-state index is 12.8. The lowest BCUT2D eigenvalue weighted by Gasteiger charge is -2.47. The van der Waals surface area contributed by atoms with Crippen molar-refractivity contribution in [3.63, 3.8) is 0 Å². The second kappa shape index (κ2) is 6.80. The predicted molar refractivity (Wildman–Crippen MR) is 118 cm³/mol. The van der Waals surface area contributed by atoms with Crippen LogP contribution in [0.25, 0.3) is 17.0 Å². The Morgan fingerprint density at radius 2 is 1.77 bits per heavy atom. The van der Waals surface area contributed by atoms with Gasteiger partial charge in [0.25, 0.3) is 5.91 Å². The molecule has 1 aliphatic rings. The van der Waals surface area contributed by atoms with Gasteiger partial charge in [-0.1, -0.05) is 30.3 Å². The molecular formula is C23H22N6O2. The number of nitrogens with zero attached hydrogens (tertiary/aromatic N) is 4. The lowest BCUT2D eigenvalue weighted by molar-refractivity contribution is 0.0892. The summed E-state index contributed by atoms with van der Waals surface area (Å²) in [5, 5.41) is 3.07. The third-order valence-electron chi connectivity index (χ3n) is 5.71. The third-order valence-corrected chi connectivity index (χ3v) is 5.71. The van der Waals surface area contributed by atoms with Crippen LogP contribution < -0.4 is 15.9 Å². The fraction of sp³-hybridized carbons (Fsp3) is 0.217. The van der Waals surface area contributed by atoms with Gasteiger partial charge in [0.2, 0.25) is 0 Å². The molecule has 4 aromatic rings. The van der Waals surface area contributed by atoms with Gasteiger partial charge in [-0.05, 0) is 50.6 Å². The number of imidazole rings is 1. The number of nitrogens with one attached hydrogen (secondary N) is 2. The lowest BCUT2D eigenvalue weighted by atomic mass is 9.98. The summed E-state index contributed by atoms with van der Waals surface area (Å²) < 4.78 is 1.48. The summed E-state index contributed by atoms with van der Waals surface area (Å²) >= 11 is 0. The van der Waals surface area contributed by atoms with Crippen molar-refractivity contribution in [3.8, 4) is 5.82 Å². The number of carbonyl (C=O) groups is 1. The number of fused-ring (bicyclic) bond motifs is 2. The molecule has 0 saturated carbocycles. The topological polar surface area (TPSA) is 95.9 Å². The molecule has 31 heavy (non-hydrogen) atoms. The van der Waals surface area contributed by atoms with Gasteiger partial charge in [0, 0.05) is 6.20 Å². The van der Waals surface area contributed by atoms with Crippen molar-refractivity contribution in [2.75, 3.05) is 4.90 Å². The summed E-state index contributed by atoms with van der Waals surface area (Å²) in [6.45, 7) is 5.97. The fourth-order valence-electron chi connectivity index (χ4n) is 4.31. The zero-order valence-corrected chi connectivity index (χ0v) is 17.5. The largest absolute Gasteiger partial charge is 0.333 e. The van der Waals surface area contributed by atoms with Crippen molar-refractivity contribution in [1.82, 2.24) is 24.8 Å². The van der Waals surface area contributed by atoms with E-state index in [4.69, 9.17) is 4.98 Å². The standard InChI is InChI=1S/C23H22N6O2/c1-14(15-8-5-4-6-9-15)29-20-16(21(30)27-23(29,2)3)11-12-18(25-20)28-17-10-7-13-24-19(17)26-22(28)31/h4-14H,1-3H3,(H,27,30)(H,24,26,31)/t14-/m1/s1. The summed E-state index contributed by atoms with van der Waals surface area (Å²) in [4.78, 5) is 39.4. The first-order valence-electron chi connectivity index (χ1n) is 10.1. The summed E-state index contributed by atoms with van der Waals surface area (Å²) in [6, 6.07) is 17.0. The van der Waals surface area contributed by atoms with E-state index >= 15 is 0 Å². The first kappa shape index (κ1) is 19.0. The number of carbonyl (C=O) groups excluding carboxylic acids is 1. The highest BCUT2D eigenvalue weighted by molar-refractivity contribution is 6.01. The molecule has 1 aliphatic heterocycles. The van der Waals surface area contributed by atoms with E-state index in [1.54, 1.807) is 24.4 Å². The van der Waals surface area contributed by atoms with E-state index in [2.05, 4.69) is 39.2 Å². The molecular weight excluding hydrogens is 392 g/mol. The van der Waals surface area contributed by atoms with Gasteiger partial charge in [0.05, 0.1) is 17.1 Å². The maximum absolute atomic E-state index is 12.8. The summed E-state index contributed by atoms with van der Waals surface area (Å²) in [5.41, 5.74) is 1.66. The minimum Gasteiger partial charge on any atom is -0.330 e. The van der Waals surface area contributed by atoms with Crippen LogP contribution in [0.5, 0.6) is 0 Å². The van der Waals surface area contributed by atoms with Gasteiger partial charge >= 0.3 is 5.69 Å². The molecule has 0 aliphatic carbocycles. The van der Waals surface area contributed by atoms with E-state index in [9.17, 15) is 9.59 Å². The maximum Gasteiger partial charge on any atom is 0.333 e. The van der Waals surface area contributed by atoms with Crippen molar-refractivity contribution < 1.29 is 4.79 Å². The highest BCUT2D eigenvalue weighted by Gasteiger charge is 2.41. The van der Waals surface area contributed by atoms with Crippen molar-refractivity contribution >= 4 is 22.9 Å². The van der Waals surface area contributed by atoms with E-state index in [0.29, 0.717) is 28.4 Å². The number of hydrogen-bond donors (Lipinski definition) is 2. The molecule has 1 atom stereocenters. The smallest absolute Gasteiger partial charge is 0.330 e. The van der Waals surface area contributed by atoms with Crippen LogP contribution in [0.4, 0.5) is 5.82 Å². The molecule has 4 heterocycles. The highest BCUT2D eigenvalue weighted by atomic mass is 16.2. The minimum absolute atomic E-state index is 0.0698. The molecule has 8 heteroatoms. The van der Waals surface area contributed by atoms with Gasteiger partial charge < -0.3 is 10.2 Å². The molecule has 0 bridgehead atoms. The van der Waals surface area contributed by atoms with Crippen LogP contribution in [0, 0.1) is 0 Å². The summed E-state index contributed by atoms with van der Waals surface area (Å²) in [7, 11) is 0. The molecule has 8 nitrogen and oxygen atoms in total.